The van der Waals surface area contributed by atoms with E-state index >= 15 is 0 Å². The zero-order chi connectivity index (χ0) is 19.5. The number of benzene rings is 1. The SMILES string of the molecule is Cc1nocc1Cc1noc(CSc2nncn2-c2ccc(C(C)C)cc2)n1. The molecule has 9 heteroatoms. The van der Waals surface area contributed by atoms with Crippen LogP contribution in [0, 0.1) is 6.92 Å². The van der Waals surface area contributed by atoms with Gasteiger partial charge in [-0.15, -0.1) is 10.2 Å². The van der Waals surface area contributed by atoms with Crippen molar-refractivity contribution in [2.24, 2.45) is 0 Å². The summed E-state index contributed by atoms with van der Waals surface area (Å²) in [6.45, 7) is 6.24. The quantitative estimate of drug-likeness (QED) is 0.433. The molecule has 0 saturated heterocycles. The van der Waals surface area contributed by atoms with Crippen LogP contribution in [0.2, 0.25) is 0 Å². The van der Waals surface area contributed by atoms with Crippen molar-refractivity contribution >= 4 is 11.8 Å². The lowest BCUT2D eigenvalue weighted by molar-refractivity contribution is 0.385. The standard InChI is InChI=1S/C19H20N6O2S/c1-12(2)14-4-6-16(7-5-14)25-11-20-22-19(25)28-10-18-21-17(24-27-18)8-15-9-26-23-13(15)3/h4-7,9,11-12H,8,10H2,1-3H3. The van der Waals surface area contributed by atoms with Gasteiger partial charge in [0.2, 0.25) is 5.89 Å². The van der Waals surface area contributed by atoms with Crippen LogP contribution in [0.1, 0.15) is 48.3 Å². The van der Waals surface area contributed by atoms with E-state index in [0.29, 0.717) is 29.8 Å². The van der Waals surface area contributed by atoms with Crippen molar-refractivity contribution in [2.45, 2.75) is 44.0 Å². The maximum absolute atomic E-state index is 5.35. The van der Waals surface area contributed by atoms with Crippen LogP contribution in [-0.4, -0.2) is 30.1 Å². The number of aromatic nitrogens is 6. The lowest BCUT2D eigenvalue weighted by Crippen LogP contribution is -1.97. The summed E-state index contributed by atoms with van der Waals surface area (Å²) in [5.74, 6) is 2.15. The summed E-state index contributed by atoms with van der Waals surface area (Å²) in [7, 11) is 0. The molecule has 0 atom stereocenters. The van der Waals surface area contributed by atoms with Gasteiger partial charge in [-0.2, -0.15) is 4.98 Å². The van der Waals surface area contributed by atoms with E-state index in [9.17, 15) is 0 Å². The van der Waals surface area contributed by atoms with Crippen molar-refractivity contribution in [3.8, 4) is 5.69 Å². The summed E-state index contributed by atoms with van der Waals surface area (Å²) in [6, 6.07) is 8.42. The van der Waals surface area contributed by atoms with Crippen molar-refractivity contribution in [2.75, 3.05) is 0 Å². The molecule has 4 aromatic rings. The first-order valence-electron chi connectivity index (χ1n) is 8.94. The fourth-order valence-corrected chi connectivity index (χ4v) is 3.49. The molecule has 4 rings (SSSR count). The third kappa shape index (κ3) is 3.99. The van der Waals surface area contributed by atoms with E-state index < -0.39 is 0 Å². The third-order valence-electron chi connectivity index (χ3n) is 4.39. The van der Waals surface area contributed by atoms with E-state index in [-0.39, 0.29) is 0 Å². The molecule has 8 nitrogen and oxygen atoms in total. The van der Waals surface area contributed by atoms with Gasteiger partial charge in [0, 0.05) is 17.7 Å². The lowest BCUT2D eigenvalue weighted by atomic mass is 10.0. The number of hydrogen-bond donors (Lipinski definition) is 0. The Labute approximate surface area is 166 Å². The van der Waals surface area contributed by atoms with Crippen LogP contribution in [0.3, 0.4) is 0 Å². The van der Waals surface area contributed by atoms with Crippen LogP contribution in [0.4, 0.5) is 0 Å². The summed E-state index contributed by atoms with van der Waals surface area (Å²) in [5, 5.41) is 16.9. The van der Waals surface area contributed by atoms with Gasteiger partial charge in [0.25, 0.3) is 0 Å². The fourth-order valence-electron chi connectivity index (χ4n) is 2.72. The molecule has 28 heavy (non-hydrogen) atoms. The molecule has 0 spiro atoms. The smallest absolute Gasteiger partial charge is 0.237 e. The third-order valence-corrected chi connectivity index (χ3v) is 5.32. The van der Waals surface area contributed by atoms with Gasteiger partial charge in [-0.25, -0.2) is 0 Å². The van der Waals surface area contributed by atoms with Crippen molar-refractivity contribution in [3.63, 3.8) is 0 Å². The Hall–Kier alpha value is -2.94. The van der Waals surface area contributed by atoms with E-state index in [1.165, 1.54) is 17.3 Å². The molecule has 0 radical (unpaired) electrons. The summed E-state index contributed by atoms with van der Waals surface area (Å²) < 4.78 is 12.2. The van der Waals surface area contributed by atoms with Crippen LogP contribution >= 0.6 is 11.8 Å². The maximum Gasteiger partial charge on any atom is 0.237 e. The minimum atomic E-state index is 0.497. The maximum atomic E-state index is 5.35. The zero-order valence-electron chi connectivity index (χ0n) is 15.9. The molecule has 0 unspecified atom stereocenters. The molecule has 0 saturated carbocycles. The Morgan fingerprint density at radius 2 is 1.96 bits per heavy atom. The minimum absolute atomic E-state index is 0.497. The molecule has 144 valence electrons. The van der Waals surface area contributed by atoms with Gasteiger partial charge < -0.3 is 9.05 Å². The van der Waals surface area contributed by atoms with Crippen molar-refractivity contribution in [1.82, 2.24) is 30.1 Å². The number of rotatable bonds is 7. The number of aryl methyl sites for hydroxylation is 1. The topological polar surface area (TPSA) is 95.7 Å². The summed E-state index contributed by atoms with van der Waals surface area (Å²) in [6.07, 6.45) is 3.84. The van der Waals surface area contributed by atoms with E-state index in [1.54, 1.807) is 12.6 Å². The van der Waals surface area contributed by atoms with Gasteiger partial charge in [-0.05, 0) is 30.5 Å². The number of hydrogen-bond acceptors (Lipinski definition) is 8. The van der Waals surface area contributed by atoms with Gasteiger partial charge >= 0.3 is 0 Å². The van der Waals surface area contributed by atoms with Gasteiger partial charge in [0.15, 0.2) is 11.0 Å². The largest absolute Gasteiger partial charge is 0.364 e. The van der Waals surface area contributed by atoms with E-state index in [1.807, 2.05) is 11.5 Å². The minimum Gasteiger partial charge on any atom is -0.364 e. The monoisotopic (exact) mass is 396 g/mol. The molecule has 0 bridgehead atoms. The van der Waals surface area contributed by atoms with Crippen LogP contribution in [0.25, 0.3) is 5.69 Å². The van der Waals surface area contributed by atoms with Gasteiger partial charge in [-0.1, -0.05) is 48.1 Å². The molecule has 0 aliphatic rings. The average molecular weight is 396 g/mol. The summed E-state index contributed by atoms with van der Waals surface area (Å²) in [4.78, 5) is 4.43. The first-order chi connectivity index (χ1) is 13.6. The molecule has 1 aromatic carbocycles. The Kier molecular flexibility index (Phi) is 5.25. The molecule has 0 fully saturated rings. The summed E-state index contributed by atoms with van der Waals surface area (Å²) >= 11 is 1.50. The lowest BCUT2D eigenvalue weighted by Gasteiger charge is -2.08. The Morgan fingerprint density at radius 1 is 1.14 bits per heavy atom. The highest BCUT2D eigenvalue weighted by atomic mass is 32.2. The van der Waals surface area contributed by atoms with Crippen molar-refractivity contribution in [3.05, 3.63) is 65.4 Å². The Morgan fingerprint density at radius 3 is 2.68 bits per heavy atom. The second-order valence-corrected chi connectivity index (χ2v) is 7.67. The average Bonchev–Trinajstić information content (AvgIpc) is 3.43. The molecule has 0 aliphatic carbocycles. The van der Waals surface area contributed by atoms with Crippen molar-refractivity contribution < 1.29 is 9.05 Å². The van der Waals surface area contributed by atoms with Crippen LogP contribution in [-0.2, 0) is 12.2 Å². The van der Waals surface area contributed by atoms with E-state index in [0.717, 1.165) is 22.1 Å². The molecule has 0 aliphatic heterocycles. The van der Waals surface area contributed by atoms with Gasteiger partial charge in [-0.3, -0.25) is 4.57 Å². The zero-order valence-corrected chi connectivity index (χ0v) is 16.7. The highest BCUT2D eigenvalue weighted by Gasteiger charge is 2.13. The van der Waals surface area contributed by atoms with E-state index in [4.69, 9.17) is 9.05 Å². The molecule has 0 N–H and O–H groups in total. The van der Waals surface area contributed by atoms with Gasteiger partial charge in [0.05, 0.1) is 11.4 Å². The molecule has 0 amide bonds. The van der Waals surface area contributed by atoms with Crippen molar-refractivity contribution in [1.29, 1.82) is 0 Å². The normalized spacial score (nSPS) is 11.4. The predicted octanol–water partition coefficient (Wildman–Crippen LogP) is 3.95. The molecule has 3 aromatic heterocycles. The molecular weight excluding hydrogens is 376 g/mol. The van der Waals surface area contributed by atoms with Crippen LogP contribution in [0.5, 0.6) is 0 Å². The highest BCUT2D eigenvalue weighted by Crippen LogP contribution is 2.24. The number of thioether (sulfide) groups is 1. The second-order valence-electron chi connectivity index (χ2n) is 6.72. The summed E-state index contributed by atoms with van der Waals surface area (Å²) in [5.41, 5.74) is 4.10. The number of nitrogens with zero attached hydrogens (tertiary/aromatic N) is 6. The van der Waals surface area contributed by atoms with Gasteiger partial charge in [0.1, 0.15) is 12.6 Å². The first-order valence-corrected chi connectivity index (χ1v) is 9.93. The van der Waals surface area contributed by atoms with E-state index in [2.05, 4.69) is 63.6 Å². The Bertz CT molecular complexity index is 1050. The first kappa shape index (κ1) is 18.4. The predicted molar refractivity (Wildman–Crippen MR) is 103 cm³/mol. The van der Waals surface area contributed by atoms with Crippen LogP contribution in [0.15, 0.2) is 51.1 Å². The molecular formula is C19H20N6O2S. The fraction of sp³-hybridized carbons (Fsp3) is 0.316. The second kappa shape index (κ2) is 7.97. The highest BCUT2D eigenvalue weighted by molar-refractivity contribution is 7.98. The Balaban J connectivity index is 1.42. The van der Waals surface area contributed by atoms with Crippen LogP contribution < -0.4 is 0 Å². The molecule has 3 heterocycles.